The molecule has 100 valence electrons. The fraction of sp³-hybridized carbons (Fsp3) is 0.312. The second-order valence-electron chi connectivity index (χ2n) is 4.61. The predicted molar refractivity (Wildman–Crippen MR) is 85.0 cm³/mol. The van der Waals surface area contributed by atoms with Gasteiger partial charge in [0.15, 0.2) is 0 Å². The Bertz CT molecular complexity index is 526. The van der Waals surface area contributed by atoms with Gasteiger partial charge in [0.25, 0.3) is 0 Å². The van der Waals surface area contributed by atoms with E-state index in [1.54, 1.807) is 0 Å². The largest absolute Gasteiger partial charge is 0.325 e. The van der Waals surface area contributed by atoms with Crippen LogP contribution in [0.3, 0.4) is 0 Å². The van der Waals surface area contributed by atoms with E-state index >= 15 is 0 Å². The summed E-state index contributed by atoms with van der Waals surface area (Å²) in [4.78, 5) is 6.83. The highest BCUT2D eigenvalue weighted by Crippen LogP contribution is 2.32. The Morgan fingerprint density at radius 2 is 1.89 bits per heavy atom. The first-order chi connectivity index (χ1) is 9.24. The minimum Gasteiger partial charge on any atom is -0.325 e. The maximum atomic E-state index is 4.55. The highest BCUT2D eigenvalue weighted by Gasteiger charge is 2.14. The molecule has 19 heavy (non-hydrogen) atoms. The molecule has 0 amide bonds. The third kappa shape index (κ3) is 3.35. The van der Waals surface area contributed by atoms with Crippen LogP contribution < -0.4 is 4.90 Å². The van der Waals surface area contributed by atoms with Gasteiger partial charge in [-0.25, -0.2) is 4.98 Å². The van der Waals surface area contributed by atoms with Crippen LogP contribution in [0.25, 0.3) is 0 Å². The van der Waals surface area contributed by atoms with E-state index in [2.05, 4.69) is 63.9 Å². The van der Waals surface area contributed by atoms with Crippen LogP contribution in [-0.2, 0) is 0 Å². The van der Waals surface area contributed by atoms with Gasteiger partial charge in [-0.05, 0) is 53.0 Å². The van der Waals surface area contributed by atoms with Crippen molar-refractivity contribution in [1.29, 1.82) is 0 Å². The number of hydrogen-bond donors (Lipinski definition) is 0. The molecule has 2 rings (SSSR count). The van der Waals surface area contributed by atoms with Gasteiger partial charge in [0.1, 0.15) is 5.82 Å². The number of rotatable bonds is 5. The van der Waals surface area contributed by atoms with E-state index in [0.29, 0.717) is 0 Å². The summed E-state index contributed by atoms with van der Waals surface area (Å²) in [5.41, 5.74) is 2.40. The van der Waals surface area contributed by atoms with Crippen molar-refractivity contribution in [2.45, 2.75) is 26.7 Å². The van der Waals surface area contributed by atoms with Crippen molar-refractivity contribution < 1.29 is 0 Å². The number of aryl methyl sites for hydroxylation is 1. The minimum absolute atomic E-state index is 0.982. The Labute approximate surface area is 123 Å². The van der Waals surface area contributed by atoms with Crippen molar-refractivity contribution in [1.82, 2.24) is 4.98 Å². The maximum absolute atomic E-state index is 4.55. The van der Waals surface area contributed by atoms with Crippen molar-refractivity contribution >= 4 is 27.4 Å². The van der Waals surface area contributed by atoms with Gasteiger partial charge in [0.05, 0.1) is 4.47 Å². The van der Waals surface area contributed by atoms with Gasteiger partial charge in [-0.2, -0.15) is 0 Å². The molecule has 2 aromatic rings. The second kappa shape index (κ2) is 6.71. The zero-order chi connectivity index (χ0) is 13.7. The van der Waals surface area contributed by atoms with Crippen molar-refractivity contribution in [2.24, 2.45) is 0 Å². The number of nitrogens with zero attached hydrogens (tertiary/aromatic N) is 2. The first-order valence-electron chi connectivity index (χ1n) is 6.67. The number of aromatic nitrogens is 1. The van der Waals surface area contributed by atoms with Crippen LogP contribution in [0.1, 0.15) is 25.3 Å². The molecule has 0 fully saturated rings. The highest BCUT2D eigenvalue weighted by molar-refractivity contribution is 9.10. The van der Waals surface area contributed by atoms with Gasteiger partial charge < -0.3 is 4.90 Å². The van der Waals surface area contributed by atoms with Crippen LogP contribution in [0.5, 0.6) is 0 Å². The van der Waals surface area contributed by atoms with E-state index in [-0.39, 0.29) is 0 Å². The number of benzene rings is 1. The molecule has 0 aliphatic rings. The molecule has 0 spiro atoms. The van der Waals surface area contributed by atoms with Gasteiger partial charge in [-0.3, -0.25) is 0 Å². The standard InChI is InChI=1S/C16H19BrN2/c1-3-4-12-19(14-8-6-5-7-9-14)16-15(17)13(2)10-11-18-16/h5-11H,3-4,12H2,1-2H3. The molecule has 0 saturated heterocycles. The molecule has 1 aromatic heterocycles. The quantitative estimate of drug-likeness (QED) is 0.763. The molecule has 3 heteroatoms. The molecular formula is C16H19BrN2. The van der Waals surface area contributed by atoms with Gasteiger partial charge in [0.2, 0.25) is 0 Å². The van der Waals surface area contributed by atoms with Gasteiger partial charge in [-0.1, -0.05) is 31.5 Å². The van der Waals surface area contributed by atoms with Crippen LogP contribution in [0, 0.1) is 6.92 Å². The fourth-order valence-electron chi connectivity index (χ4n) is 2.00. The molecule has 1 heterocycles. The van der Waals surface area contributed by atoms with Crippen LogP contribution in [0.2, 0.25) is 0 Å². The van der Waals surface area contributed by atoms with E-state index in [1.807, 2.05) is 18.3 Å². The van der Waals surface area contributed by atoms with Crippen LogP contribution in [-0.4, -0.2) is 11.5 Å². The van der Waals surface area contributed by atoms with E-state index < -0.39 is 0 Å². The molecule has 0 unspecified atom stereocenters. The molecule has 0 atom stereocenters. The Kier molecular flexibility index (Phi) is 4.97. The highest BCUT2D eigenvalue weighted by atomic mass is 79.9. The lowest BCUT2D eigenvalue weighted by Crippen LogP contribution is -2.20. The molecule has 1 aromatic carbocycles. The molecule has 0 aliphatic carbocycles. The van der Waals surface area contributed by atoms with Crippen molar-refractivity contribution in [3.63, 3.8) is 0 Å². The summed E-state index contributed by atoms with van der Waals surface area (Å²) in [6, 6.07) is 12.5. The number of para-hydroxylation sites is 1. The summed E-state index contributed by atoms with van der Waals surface area (Å²) in [7, 11) is 0. The van der Waals surface area contributed by atoms with E-state index in [0.717, 1.165) is 23.3 Å². The molecule has 0 radical (unpaired) electrons. The maximum Gasteiger partial charge on any atom is 0.147 e. The van der Waals surface area contributed by atoms with Crippen molar-refractivity contribution in [3.8, 4) is 0 Å². The van der Waals surface area contributed by atoms with Crippen LogP contribution in [0.15, 0.2) is 47.1 Å². The second-order valence-corrected chi connectivity index (χ2v) is 5.40. The van der Waals surface area contributed by atoms with Gasteiger partial charge >= 0.3 is 0 Å². The van der Waals surface area contributed by atoms with Crippen LogP contribution >= 0.6 is 15.9 Å². The zero-order valence-electron chi connectivity index (χ0n) is 11.4. The smallest absolute Gasteiger partial charge is 0.147 e. The van der Waals surface area contributed by atoms with Crippen molar-refractivity contribution in [3.05, 3.63) is 52.6 Å². The first kappa shape index (κ1) is 14.1. The summed E-state index contributed by atoms with van der Waals surface area (Å²) in [5.74, 6) is 1.000. The van der Waals surface area contributed by atoms with E-state index in [1.165, 1.54) is 17.7 Å². The topological polar surface area (TPSA) is 16.1 Å². The summed E-state index contributed by atoms with van der Waals surface area (Å²) in [6.07, 6.45) is 4.20. The molecular weight excluding hydrogens is 300 g/mol. The minimum atomic E-state index is 0.982. The average Bonchev–Trinajstić information content (AvgIpc) is 2.45. The fourth-order valence-corrected chi connectivity index (χ4v) is 2.44. The average molecular weight is 319 g/mol. The zero-order valence-corrected chi connectivity index (χ0v) is 13.0. The van der Waals surface area contributed by atoms with Gasteiger partial charge in [-0.15, -0.1) is 0 Å². The molecule has 2 nitrogen and oxygen atoms in total. The lowest BCUT2D eigenvalue weighted by molar-refractivity contribution is 0.778. The Hall–Kier alpha value is -1.35. The third-order valence-corrected chi connectivity index (χ3v) is 4.10. The number of halogens is 1. The molecule has 0 saturated carbocycles. The molecule has 0 N–H and O–H groups in total. The first-order valence-corrected chi connectivity index (χ1v) is 7.47. The predicted octanol–water partition coefficient (Wildman–Crippen LogP) is 5.09. The van der Waals surface area contributed by atoms with E-state index in [4.69, 9.17) is 0 Å². The third-order valence-electron chi connectivity index (χ3n) is 3.12. The van der Waals surface area contributed by atoms with E-state index in [9.17, 15) is 0 Å². The summed E-state index contributed by atoms with van der Waals surface area (Å²) in [5, 5.41) is 0. The lowest BCUT2D eigenvalue weighted by Gasteiger charge is -2.25. The molecule has 0 bridgehead atoms. The Morgan fingerprint density at radius 3 is 2.58 bits per heavy atom. The van der Waals surface area contributed by atoms with Gasteiger partial charge in [0, 0.05) is 18.4 Å². The summed E-state index contributed by atoms with van der Waals surface area (Å²) in [6.45, 7) is 5.29. The molecule has 0 aliphatic heterocycles. The Balaban J connectivity index is 2.40. The summed E-state index contributed by atoms with van der Waals surface area (Å²) < 4.78 is 1.08. The number of pyridine rings is 1. The van der Waals surface area contributed by atoms with Crippen molar-refractivity contribution in [2.75, 3.05) is 11.4 Å². The summed E-state index contributed by atoms with van der Waals surface area (Å²) >= 11 is 3.67. The van der Waals surface area contributed by atoms with Crippen LogP contribution in [0.4, 0.5) is 11.5 Å². The number of anilines is 2. The normalized spacial score (nSPS) is 10.5. The lowest BCUT2D eigenvalue weighted by atomic mass is 10.2. The number of unbranched alkanes of at least 4 members (excludes halogenated alkanes) is 1. The SMILES string of the molecule is CCCCN(c1ccccc1)c1nccc(C)c1Br. The number of hydrogen-bond acceptors (Lipinski definition) is 2. The Morgan fingerprint density at radius 1 is 1.16 bits per heavy atom. The monoisotopic (exact) mass is 318 g/mol.